The van der Waals surface area contributed by atoms with Crippen molar-refractivity contribution >= 4 is 11.9 Å². The zero-order chi connectivity index (χ0) is 19.0. The van der Waals surface area contributed by atoms with Crippen molar-refractivity contribution in [2.45, 2.75) is 0 Å². The van der Waals surface area contributed by atoms with Crippen molar-refractivity contribution in [3.8, 4) is 23.0 Å². The van der Waals surface area contributed by atoms with Gasteiger partial charge in [-0.05, 0) is 24.3 Å². The molecular weight excluding hydrogens is 332 g/mol. The predicted molar refractivity (Wildman–Crippen MR) is 87.6 cm³/mol. The lowest BCUT2D eigenvalue weighted by Gasteiger charge is -2.07. The molecule has 0 fully saturated rings. The molecule has 8 nitrogen and oxygen atoms in total. The van der Waals surface area contributed by atoms with Crippen molar-refractivity contribution in [2.24, 2.45) is 0 Å². The fraction of sp³-hybridized carbons (Fsp3) is 0.176. The molecule has 2 aromatic rings. The second-order valence-corrected chi connectivity index (χ2v) is 4.51. The summed E-state index contributed by atoms with van der Waals surface area (Å²) in [7, 11) is 4.01. The van der Waals surface area contributed by atoms with E-state index in [4.69, 9.17) is 19.7 Å². The number of methoxy groups -OCH3 is 3. The molecule has 0 radical (unpaired) electrons. The van der Waals surface area contributed by atoms with Gasteiger partial charge < -0.3 is 29.5 Å². The van der Waals surface area contributed by atoms with E-state index in [0.29, 0.717) is 5.75 Å². The average molecular weight is 350 g/mol. The first-order valence-electron chi connectivity index (χ1n) is 6.90. The van der Waals surface area contributed by atoms with E-state index in [0.717, 1.165) is 0 Å². The number of carboxylic acid groups (broad SMARTS) is 1. The standard InChI is InChI=1S/C9H10O4.C8H8O4/c1-12-7-5-3-4-6(10)8(7)9(11)13-2;1-12-6-4-2-3-5(9)7(6)8(10)11/h3-5,10H,1-2H3;2-4,9H,1H3,(H,10,11). The number of carboxylic acids is 1. The Bertz CT molecular complexity index is 754. The van der Waals surface area contributed by atoms with Gasteiger partial charge in [0.05, 0.1) is 21.3 Å². The number of aromatic carboxylic acids is 1. The minimum absolute atomic E-state index is 0.0486. The number of hydrogen-bond acceptors (Lipinski definition) is 7. The molecule has 0 aliphatic carbocycles. The fourth-order valence-electron chi connectivity index (χ4n) is 1.90. The number of ether oxygens (including phenoxy) is 3. The van der Waals surface area contributed by atoms with Crippen LogP contribution in [0.4, 0.5) is 0 Å². The van der Waals surface area contributed by atoms with Crippen LogP contribution in [0.2, 0.25) is 0 Å². The van der Waals surface area contributed by atoms with Crippen LogP contribution in [0.1, 0.15) is 20.7 Å². The highest BCUT2D eigenvalue weighted by Gasteiger charge is 2.17. The molecule has 0 aromatic heterocycles. The minimum Gasteiger partial charge on any atom is -0.507 e. The molecule has 3 N–H and O–H groups in total. The lowest BCUT2D eigenvalue weighted by molar-refractivity contribution is 0.0592. The molecule has 8 heteroatoms. The van der Waals surface area contributed by atoms with E-state index in [2.05, 4.69) is 4.74 Å². The number of hydrogen-bond donors (Lipinski definition) is 3. The van der Waals surface area contributed by atoms with Gasteiger partial charge in [0.2, 0.25) is 0 Å². The minimum atomic E-state index is -1.20. The van der Waals surface area contributed by atoms with Crippen molar-refractivity contribution in [3.05, 3.63) is 47.5 Å². The van der Waals surface area contributed by atoms with Gasteiger partial charge in [-0.3, -0.25) is 0 Å². The molecule has 0 atom stereocenters. The third kappa shape index (κ3) is 4.77. The Morgan fingerprint density at radius 2 is 1.24 bits per heavy atom. The number of rotatable bonds is 4. The van der Waals surface area contributed by atoms with E-state index >= 15 is 0 Å². The second kappa shape index (κ2) is 9.02. The summed E-state index contributed by atoms with van der Waals surface area (Å²) in [6.45, 7) is 0. The van der Waals surface area contributed by atoms with Crippen LogP contribution >= 0.6 is 0 Å². The van der Waals surface area contributed by atoms with Crippen molar-refractivity contribution in [3.63, 3.8) is 0 Å². The Balaban J connectivity index is 0.000000251. The Morgan fingerprint density at radius 3 is 1.60 bits per heavy atom. The first-order valence-corrected chi connectivity index (χ1v) is 6.90. The fourth-order valence-corrected chi connectivity index (χ4v) is 1.90. The molecule has 0 bridgehead atoms. The maximum absolute atomic E-state index is 11.2. The van der Waals surface area contributed by atoms with Crippen LogP contribution in [-0.2, 0) is 4.74 Å². The monoisotopic (exact) mass is 350 g/mol. The number of phenols is 2. The van der Waals surface area contributed by atoms with Crippen molar-refractivity contribution in [1.29, 1.82) is 0 Å². The van der Waals surface area contributed by atoms with Gasteiger partial charge in [0.15, 0.2) is 0 Å². The summed E-state index contributed by atoms with van der Waals surface area (Å²) in [4.78, 5) is 21.7. The largest absolute Gasteiger partial charge is 0.507 e. The molecule has 25 heavy (non-hydrogen) atoms. The number of carbonyl (C=O) groups excluding carboxylic acids is 1. The molecule has 0 saturated heterocycles. The van der Waals surface area contributed by atoms with Crippen LogP contribution in [0.3, 0.4) is 0 Å². The molecule has 0 aliphatic heterocycles. The summed E-state index contributed by atoms with van der Waals surface area (Å²) in [5.74, 6) is -1.80. The molecule has 2 aromatic carbocycles. The van der Waals surface area contributed by atoms with Gasteiger partial charge in [-0.2, -0.15) is 0 Å². The lowest BCUT2D eigenvalue weighted by atomic mass is 10.2. The summed E-state index contributed by atoms with van der Waals surface area (Å²) in [5.41, 5.74) is -0.160. The predicted octanol–water partition coefficient (Wildman–Crippen LogP) is 2.29. The Labute approximate surface area is 143 Å². The van der Waals surface area contributed by atoms with E-state index in [1.165, 1.54) is 45.6 Å². The van der Waals surface area contributed by atoms with Crippen LogP contribution in [0, 0.1) is 0 Å². The smallest absolute Gasteiger partial charge is 0.345 e. The second-order valence-electron chi connectivity index (χ2n) is 4.51. The number of esters is 1. The van der Waals surface area contributed by atoms with Gasteiger partial charge in [-0.1, -0.05) is 12.1 Å². The number of carbonyl (C=O) groups is 2. The van der Waals surface area contributed by atoms with Gasteiger partial charge in [-0.25, -0.2) is 9.59 Å². The molecule has 0 aliphatic rings. The molecule has 0 heterocycles. The summed E-state index contributed by atoms with van der Waals surface area (Å²) in [6.07, 6.45) is 0. The normalized spacial score (nSPS) is 9.40. The Morgan fingerprint density at radius 1 is 0.800 bits per heavy atom. The highest BCUT2D eigenvalue weighted by molar-refractivity contribution is 5.95. The van der Waals surface area contributed by atoms with Crippen molar-refractivity contribution < 1.29 is 39.1 Å². The lowest BCUT2D eigenvalue weighted by Crippen LogP contribution is -2.04. The third-order valence-corrected chi connectivity index (χ3v) is 3.05. The molecule has 0 amide bonds. The number of benzene rings is 2. The summed E-state index contributed by atoms with van der Waals surface area (Å²) >= 11 is 0. The van der Waals surface area contributed by atoms with Crippen LogP contribution in [0.5, 0.6) is 23.0 Å². The highest BCUT2D eigenvalue weighted by atomic mass is 16.5. The summed E-state index contributed by atoms with van der Waals surface area (Å²) in [5, 5.41) is 27.1. The van der Waals surface area contributed by atoms with E-state index in [9.17, 15) is 14.7 Å². The maximum atomic E-state index is 11.2. The van der Waals surface area contributed by atoms with Crippen LogP contribution in [0.25, 0.3) is 0 Å². The first-order chi connectivity index (χ1) is 11.9. The molecular formula is C17H18O8. The molecule has 0 unspecified atom stereocenters. The van der Waals surface area contributed by atoms with Crippen LogP contribution < -0.4 is 9.47 Å². The quantitative estimate of drug-likeness (QED) is 0.718. The summed E-state index contributed by atoms with van der Waals surface area (Å²) in [6, 6.07) is 8.84. The van der Waals surface area contributed by atoms with E-state index in [1.54, 1.807) is 12.1 Å². The highest BCUT2D eigenvalue weighted by Crippen LogP contribution is 2.28. The van der Waals surface area contributed by atoms with Gasteiger partial charge in [-0.15, -0.1) is 0 Å². The zero-order valence-corrected chi connectivity index (χ0v) is 13.8. The van der Waals surface area contributed by atoms with Gasteiger partial charge in [0, 0.05) is 0 Å². The summed E-state index contributed by atoms with van der Waals surface area (Å²) < 4.78 is 14.1. The number of aromatic hydroxyl groups is 2. The van der Waals surface area contributed by atoms with Crippen molar-refractivity contribution in [2.75, 3.05) is 21.3 Å². The third-order valence-electron chi connectivity index (χ3n) is 3.05. The molecule has 134 valence electrons. The Kier molecular flexibility index (Phi) is 7.08. The SMILES string of the molecule is COC(=O)c1c(O)cccc1OC.COc1cccc(O)c1C(=O)O. The van der Waals surface area contributed by atoms with E-state index in [1.807, 2.05) is 0 Å². The van der Waals surface area contributed by atoms with Gasteiger partial charge >= 0.3 is 11.9 Å². The zero-order valence-electron chi connectivity index (χ0n) is 13.8. The van der Waals surface area contributed by atoms with E-state index in [-0.39, 0.29) is 28.4 Å². The first kappa shape index (κ1) is 19.6. The van der Waals surface area contributed by atoms with Gasteiger partial charge in [0.1, 0.15) is 34.1 Å². The molecule has 0 saturated carbocycles. The van der Waals surface area contributed by atoms with Crippen LogP contribution in [0.15, 0.2) is 36.4 Å². The van der Waals surface area contributed by atoms with E-state index < -0.39 is 11.9 Å². The van der Waals surface area contributed by atoms with Crippen molar-refractivity contribution in [1.82, 2.24) is 0 Å². The molecule has 2 rings (SSSR count). The van der Waals surface area contributed by atoms with Crippen LogP contribution in [-0.4, -0.2) is 48.6 Å². The maximum Gasteiger partial charge on any atom is 0.345 e. The Hall–Kier alpha value is -3.42. The topological polar surface area (TPSA) is 123 Å². The number of phenolic OH excluding ortho intramolecular Hbond substituents is 1. The molecule has 0 spiro atoms. The average Bonchev–Trinajstić information content (AvgIpc) is 2.60. The van der Waals surface area contributed by atoms with Gasteiger partial charge in [0.25, 0.3) is 0 Å².